The average molecular weight is 283 g/mol. The molecule has 0 atom stereocenters. The van der Waals surface area contributed by atoms with Crippen LogP contribution in [0.2, 0.25) is 0 Å². The van der Waals surface area contributed by atoms with E-state index in [0.717, 1.165) is 5.69 Å². The van der Waals surface area contributed by atoms with Gasteiger partial charge in [0, 0.05) is 19.2 Å². The van der Waals surface area contributed by atoms with Gasteiger partial charge in [-0.05, 0) is 31.2 Å². The van der Waals surface area contributed by atoms with Crippen molar-refractivity contribution < 1.29 is 14.3 Å². The molecule has 0 spiro atoms. The summed E-state index contributed by atoms with van der Waals surface area (Å²) in [4.78, 5) is 25.5. The summed E-state index contributed by atoms with van der Waals surface area (Å²) in [5.74, 6) is -0.358. The highest BCUT2D eigenvalue weighted by Gasteiger charge is 2.20. The maximum absolute atomic E-state index is 12.7. The molecule has 4 nitrogen and oxygen atoms in total. The Labute approximate surface area is 124 Å². The molecule has 0 aliphatic rings. The first-order valence-electron chi connectivity index (χ1n) is 6.78. The lowest BCUT2D eigenvalue weighted by atomic mass is 10.1. The molecule has 0 bridgehead atoms. The van der Waals surface area contributed by atoms with Crippen LogP contribution in [0.25, 0.3) is 0 Å². The van der Waals surface area contributed by atoms with Crippen molar-refractivity contribution in [2.75, 3.05) is 11.4 Å². The number of carbonyl (C=O) groups excluding carboxylic acids is 2. The molecule has 0 saturated heterocycles. The number of benzene rings is 2. The zero-order chi connectivity index (χ0) is 15.2. The molecule has 0 aliphatic carbocycles. The van der Waals surface area contributed by atoms with Gasteiger partial charge in [0.1, 0.15) is 5.75 Å². The molecule has 108 valence electrons. The highest BCUT2D eigenvalue weighted by molar-refractivity contribution is 6.08. The van der Waals surface area contributed by atoms with E-state index >= 15 is 0 Å². The Balaban J connectivity index is 2.36. The molecule has 2 rings (SSSR count). The van der Waals surface area contributed by atoms with E-state index in [1.165, 1.54) is 6.92 Å². The monoisotopic (exact) mass is 283 g/mol. The van der Waals surface area contributed by atoms with Crippen LogP contribution in [0.3, 0.4) is 0 Å². The second-order valence-corrected chi connectivity index (χ2v) is 4.47. The molecule has 21 heavy (non-hydrogen) atoms. The van der Waals surface area contributed by atoms with Gasteiger partial charge in [-0.2, -0.15) is 0 Å². The predicted octanol–water partition coefficient (Wildman–Crippen LogP) is 3.28. The Morgan fingerprint density at radius 3 is 2.24 bits per heavy atom. The minimum atomic E-state index is -0.446. The van der Waals surface area contributed by atoms with Gasteiger partial charge in [0.15, 0.2) is 0 Å². The summed E-state index contributed by atoms with van der Waals surface area (Å²) in [6, 6.07) is 16.2. The van der Waals surface area contributed by atoms with E-state index in [0.29, 0.717) is 12.1 Å². The number of hydrogen-bond acceptors (Lipinski definition) is 3. The lowest BCUT2D eigenvalue weighted by Crippen LogP contribution is -2.31. The van der Waals surface area contributed by atoms with Gasteiger partial charge >= 0.3 is 5.97 Å². The number of nitrogens with zero attached hydrogens (tertiary/aromatic N) is 1. The summed E-state index contributed by atoms with van der Waals surface area (Å²) >= 11 is 0. The van der Waals surface area contributed by atoms with Crippen LogP contribution in [0.15, 0.2) is 54.6 Å². The molecule has 0 aliphatic heterocycles. The zero-order valence-corrected chi connectivity index (χ0v) is 12.1. The van der Waals surface area contributed by atoms with Gasteiger partial charge in [0.25, 0.3) is 5.91 Å². The summed E-state index contributed by atoms with van der Waals surface area (Å²) < 4.78 is 5.11. The zero-order valence-electron chi connectivity index (χ0n) is 12.1. The SMILES string of the molecule is CCN(C(=O)c1ccccc1OC(C)=O)c1ccccc1. The highest BCUT2D eigenvalue weighted by atomic mass is 16.5. The van der Waals surface area contributed by atoms with E-state index in [2.05, 4.69) is 0 Å². The van der Waals surface area contributed by atoms with Crippen LogP contribution >= 0.6 is 0 Å². The highest BCUT2D eigenvalue weighted by Crippen LogP contribution is 2.23. The van der Waals surface area contributed by atoms with E-state index in [1.807, 2.05) is 37.3 Å². The summed E-state index contributed by atoms with van der Waals surface area (Å²) in [5.41, 5.74) is 1.18. The van der Waals surface area contributed by atoms with Gasteiger partial charge in [0.05, 0.1) is 5.56 Å². The maximum atomic E-state index is 12.7. The maximum Gasteiger partial charge on any atom is 0.308 e. The van der Waals surface area contributed by atoms with E-state index in [-0.39, 0.29) is 11.7 Å². The smallest absolute Gasteiger partial charge is 0.308 e. The van der Waals surface area contributed by atoms with Crippen molar-refractivity contribution >= 4 is 17.6 Å². The van der Waals surface area contributed by atoms with Crippen LogP contribution < -0.4 is 9.64 Å². The van der Waals surface area contributed by atoms with Crippen molar-refractivity contribution in [1.29, 1.82) is 0 Å². The van der Waals surface area contributed by atoms with Gasteiger partial charge in [-0.15, -0.1) is 0 Å². The van der Waals surface area contributed by atoms with Crippen molar-refractivity contribution in [1.82, 2.24) is 0 Å². The first kappa shape index (κ1) is 14.8. The molecule has 0 fully saturated rings. The minimum Gasteiger partial charge on any atom is -0.426 e. The summed E-state index contributed by atoms with van der Waals surface area (Å²) in [5, 5.41) is 0. The number of esters is 1. The molecule has 0 saturated carbocycles. The van der Waals surface area contributed by atoms with Crippen LogP contribution in [-0.2, 0) is 4.79 Å². The van der Waals surface area contributed by atoms with Gasteiger partial charge in [0.2, 0.25) is 0 Å². The molecule has 1 amide bonds. The quantitative estimate of drug-likeness (QED) is 0.639. The van der Waals surface area contributed by atoms with Crippen LogP contribution in [0.1, 0.15) is 24.2 Å². The Bertz CT molecular complexity index is 637. The normalized spacial score (nSPS) is 10.0. The number of anilines is 1. The largest absolute Gasteiger partial charge is 0.426 e. The molecule has 2 aromatic carbocycles. The third-order valence-corrected chi connectivity index (χ3v) is 3.00. The Kier molecular flexibility index (Phi) is 4.72. The van der Waals surface area contributed by atoms with Gasteiger partial charge in [-0.25, -0.2) is 0 Å². The standard InChI is InChI=1S/C17H17NO3/c1-3-18(14-9-5-4-6-10-14)17(20)15-11-7-8-12-16(15)21-13(2)19/h4-12H,3H2,1-2H3. The first-order chi connectivity index (χ1) is 10.1. The number of amides is 1. The molecule has 0 radical (unpaired) electrons. The number of para-hydroxylation sites is 2. The molecular formula is C17H17NO3. The molecule has 0 N–H and O–H groups in total. The average Bonchev–Trinajstić information content (AvgIpc) is 2.49. The molecule has 4 heteroatoms. The van der Waals surface area contributed by atoms with Crippen molar-refractivity contribution in [2.45, 2.75) is 13.8 Å². The minimum absolute atomic E-state index is 0.194. The van der Waals surface area contributed by atoms with E-state index in [9.17, 15) is 9.59 Å². The van der Waals surface area contributed by atoms with Crippen molar-refractivity contribution in [3.05, 3.63) is 60.2 Å². The third-order valence-electron chi connectivity index (χ3n) is 3.00. The van der Waals surface area contributed by atoms with E-state index in [4.69, 9.17) is 4.74 Å². The van der Waals surface area contributed by atoms with E-state index < -0.39 is 5.97 Å². The summed E-state index contributed by atoms with van der Waals surface area (Å²) in [7, 11) is 0. The van der Waals surface area contributed by atoms with E-state index in [1.54, 1.807) is 29.2 Å². The number of carbonyl (C=O) groups is 2. The van der Waals surface area contributed by atoms with Crippen LogP contribution in [0.5, 0.6) is 5.75 Å². The Morgan fingerprint density at radius 1 is 1.00 bits per heavy atom. The molecular weight excluding hydrogens is 266 g/mol. The number of rotatable bonds is 4. The summed E-state index contributed by atoms with van der Waals surface area (Å²) in [6.45, 7) is 3.74. The van der Waals surface area contributed by atoms with Gasteiger partial charge in [-0.3, -0.25) is 9.59 Å². The molecule has 2 aromatic rings. The fourth-order valence-electron chi connectivity index (χ4n) is 2.08. The fraction of sp³-hybridized carbons (Fsp3) is 0.176. The fourth-order valence-corrected chi connectivity index (χ4v) is 2.08. The number of hydrogen-bond donors (Lipinski definition) is 0. The lowest BCUT2D eigenvalue weighted by Gasteiger charge is -2.22. The second kappa shape index (κ2) is 6.70. The van der Waals surface area contributed by atoms with Crippen LogP contribution in [0.4, 0.5) is 5.69 Å². The molecule has 0 heterocycles. The number of ether oxygens (including phenoxy) is 1. The lowest BCUT2D eigenvalue weighted by molar-refractivity contribution is -0.131. The van der Waals surface area contributed by atoms with Crippen molar-refractivity contribution in [3.8, 4) is 5.75 Å². The van der Waals surface area contributed by atoms with Crippen LogP contribution in [-0.4, -0.2) is 18.4 Å². The first-order valence-corrected chi connectivity index (χ1v) is 6.78. The third kappa shape index (κ3) is 3.48. The Hall–Kier alpha value is -2.62. The second-order valence-electron chi connectivity index (χ2n) is 4.47. The van der Waals surface area contributed by atoms with Gasteiger partial charge < -0.3 is 9.64 Å². The van der Waals surface area contributed by atoms with Crippen molar-refractivity contribution in [3.63, 3.8) is 0 Å². The predicted molar refractivity (Wildman–Crippen MR) is 81.5 cm³/mol. The Morgan fingerprint density at radius 2 is 1.62 bits per heavy atom. The topological polar surface area (TPSA) is 46.6 Å². The molecule has 0 unspecified atom stereocenters. The summed E-state index contributed by atoms with van der Waals surface area (Å²) in [6.07, 6.45) is 0. The van der Waals surface area contributed by atoms with Crippen molar-refractivity contribution in [2.24, 2.45) is 0 Å². The van der Waals surface area contributed by atoms with Crippen LogP contribution in [0, 0.1) is 0 Å². The van der Waals surface area contributed by atoms with Gasteiger partial charge in [-0.1, -0.05) is 30.3 Å². The molecule has 0 aromatic heterocycles.